The number of Topliss-reactive ketones (excluding diaryl/α,β-unsaturated/α-hetero) is 1. The van der Waals surface area contributed by atoms with E-state index in [0.29, 0.717) is 5.56 Å². The van der Waals surface area contributed by atoms with Gasteiger partial charge in [0, 0.05) is 5.56 Å². The number of carboxylic acid groups (broad SMARTS) is 1. The molecule has 1 aromatic carbocycles. The Hall–Kier alpha value is -1.04. The van der Waals surface area contributed by atoms with Crippen molar-refractivity contribution in [2.75, 3.05) is 0 Å². The van der Waals surface area contributed by atoms with Crippen molar-refractivity contribution in [1.82, 2.24) is 0 Å². The fourth-order valence-electron chi connectivity index (χ4n) is 1.31. The molecule has 0 aromatic heterocycles. The molecule has 1 atom stereocenters. The first-order valence-corrected chi connectivity index (χ1v) is 4.83. The van der Waals surface area contributed by atoms with Crippen molar-refractivity contribution in [1.29, 1.82) is 0 Å². The minimum atomic E-state index is -1.43. The number of carboxylic acids is 1. The molecule has 1 rings (SSSR count). The standard InChI is InChI=1S/C12H14O3.Li/c1-3-12(2,11(14)15)10(13)9-7-5-4-6-8-9;/h4-8H,3H2,1-2H3,(H,14,15);/q;+1/p-1. The maximum absolute atomic E-state index is 11.9. The van der Waals surface area contributed by atoms with Crippen molar-refractivity contribution in [2.45, 2.75) is 20.3 Å². The van der Waals surface area contributed by atoms with E-state index in [1.807, 2.05) is 0 Å². The molecule has 1 aromatic rings. The Kier molecular flexibility index (Phi) is 5.50. The molecule has 0 radical (unpaired) electrons. The van der Waals surface area contributed by atoms with Crippen LogP contribution in [0.3, 0.4) is 0 Å². The molecule has 0 bridgehead atoms. The fourth-order valence-corrected chi connectivity index (χ4v) is 1.31. The summed E-state index contributed by atoms with van der Waals surface area (Å²) in [5, 5.41) is 10.9. The maximum Gasteiger partial charge on any atom is 1.00 e. The molecule has 80 valence electrons. The van der Waals surface area contributed by atoms with Gasteiger partial charge in [0.15, 0.2) is 5.78 Å². The van der Waals surface area contributed by atoms with Crippen LogP contribution >= 0.6 is 0 Å². The first-order valence-electron chi connectivity index (χ1n) is 4.83. The molecular weight excluding hydrogens is 199 g/mol. The summed E-state index contributed by atoms with van der Waals surface area (Å²) in [5.74, 6) is -1.72. The third-order valence-electron chi connectivity index (χ3n) is 2.69. The number of carbonyl (C=O) groups is 2. The largest absolute Gasteiger partial charge is 1.00 e. The van der Waals surface area contributed by atoms with E-state index in [9.17, 15) is 14.7 Å². The molecule has 0 amide bonds. The number of hydrogen-bond donors (Lipinski definition) is 0. The Morgan fingerprint density at radius 2 is 1.75 bits per heavy atom. The van der Waals surface area contributed by atoms with Crippen molar-refractivity contribution in [3.05, 3.63) is 35.9 Å². The van der Waals surface area contributed by atoms with Gasteiger partial charge in [-0.2, -0.15) is 0 Å². The Labute approximate surface area is 107 Å². The van der Waals surface area contributed by atoms with Gasteiger partial charge in [-0.25, -0.2) is 0 Å². The van der Waals surface area contributed by atoms with Crippen molar-refractivity contribution in [3.8, 4) is 0 Å². The summed E-state index contributed by atoms with van der Waals surface area (Å²) in [6.07, 6.45) is 0.225. The molecule has 0 saturated heterocycles. The third-order valence-corrected chi connectivity index (χ3v) is 2.69. The predicted octanol–water partition coefficient (Wildman–Crippen LogP) is -1.96. The van der Waals surface area contributed by atoms with E-state index in [2.05, 4.69) is 0 Å². The van der Waals surface area contributed by atoms with Gasteiger partial charge in [0.1, 0.15) is 0 Å². The van der Waals surface area contributed by atoms with E-state index < -0.39 is 17.2 Å². The summed E-state index contributed by atoms with van der Waals surface area (Å²) in [5.41, 5.74) is -1.02. The van der Waals surface area contributed by atoms with Gasteiger partial charge in [0.25, 0.3) is 0 Å². The van der Waals surface area contributed by atoms with E-state index in [-0.39, 0.29) is 25.3 Å². The number of aliphatic carboxylic acids is 1. The van der Waals surface area contributed by atoms with Gasteiger partial charge < -0.3 is 9.90 Å². The monoisotopic (exact) mass is 212 g/mol. The summed E-state index contributed by atoms with van der Waals surface area (Å²) in [4.78, 5) is 22.9. The topological polar surface area (TPSA) is 57.2 Å². The Morgan fingerprint density at radius 1 is 1.25 bits per heavy atom. The van der Waals surface area contributed by atoms with Crippen LogP contribution in [0.5, 0.6) is 0 Å². The first-order chi connectivity index (χ1) is 7.02. The van der Waals surface area contributed by atoms with Gasteiger partial charge in [-0.3, -0.25) is 4.79 Å². The number of ketones is 1. The van der Waals surface area contributed by atoms with Gasteiger partial charge in [-0.15, -0.1) is 0 Å². The molecule has 0 saturated carbocycles. The molecule has 0 aliphatic rings. The summed E-state index contributed by atoms with van der Waals surface area (Å²) in [6, 6.07) is 8.41. The van der Waals surface area contributed by atoms with Gasteiger partial charge >= 0.3 is 18.9 Å². The molecule has 0 fully saturated rings. The van der Waals surface area contributed by atoms with Crippen molar-refractivity contribution < 1.29 is 33.6 Å². The molecule has 16 heavy (non-hydrogen) atoms. The minimum absolute atomic E-state index is 0. The second kappa shape index (κ2) is 5.88. The second-order valence-corrected chi connectivity index (χ2v) is 3.67. The van der Waals surface area contributed by atoms with Crippen LogP contribution in [0.1, 0.15) is 30.6 Å². The quantitative estimate of drug-likeness (QED) is 0.331. The summed E-state index contributed by atoms with van der Waals surface area (Å²) in [7, 11) is 0. The molecule has 0 N–H and O–H groups in total. The molecule has 4 heteroatoms. The molecule has 0 aliphatic heterocycles. The van der Waals surface area contributed by atoms with Crippen LogP contribution in [0, 0.1) is 5.41 Å². The molecule has 0 spiro atoms. The van der Waals surface area contributed by atoms with Crippen molar-refractivity contribution in [3.63, 3.8) is 0 Å². The average Bonchev–Trinajstić information content (AvgIpc) is 2.28. The first kappa shape index (κ1) is 15.0. The molecule has 0 heterocycles. The van der Waals surface area contributed by atoms with E-state index in [0.717, 1.165) is 0 Å². The number of carbonyl (C=O) groups excluding carboxylic acids is 2. The number of rotatable bonds is 4. The molecular formula is C12H13LiO3. The zero-order chi connectivity index (χ0) is 11.5. The third kappa shape index (κ3) is 2.75. The van der Waals surface area contributed by atoms with Crippen LogP contribution in [0.4, 0.5) is 0 Å². The second-order valence-electron chi connectivity index (χ2n) is 3.67. The van der Waals surface area contributed by atoms with Crippen LogP contribution < -0.4 is 24.0 Å². The number of hydrogen-bond acceptors (Lipinski definition) is 3. The minimum Gasteiger partial charge on any atom is -0.549 e. The summed E-state index contributed by atoms with van der Waals surface area (Å²) >= 11 is 0. The van der Waals surface area contributed by atoms with Gasteiger partial charge in [-0.05, 0) is 13.3 Å². The SMILES string of the molecule is CCC(C)(C(=O)[O-])C(=O)c1ccccc1.[Li+]. The van der Waals surface area contributed by atoms with Crippen LogP contribution in [0.25, 0.3) is 0 Å². The average molecular weight is 212 g/mol. The zero-order valence-electron chi connectivity index (χ0n) is 9.82. The van der Waals surface area contributed by atoms with Gasteiger partial charge in [0.05, 0.1) is 11.4 Å². The van der Waals surface area contributed by atoms with E-state index in [4.69, 9.17) is 0 Å². The molecule has 0 aliphatic carbocycles. The molecule has 3 nitrogen and oxygen atoms in total. The van der Waals surface area contributed by atoms with E-state index >= 15 is 0 Å². The maximum atomic E-state index is 11.9. The summed E-state index contributed by atoms with van der Waals surface area (Å²) < 4.78 is 0. The smallest absolute Gasteiger partial charge is 0.549 e. The van der Waals surface area contributed by atoms with E-state index in [1.54, 1.807) is 37.3 Å². The van der Waals surface area contributed by atoms with Crippen molar-refractivity contribution >= 4 is 11.8 Å². The zero-order valence-corrected chi connectivity index (χ0v) is 9.82. The Bertz CT molecular complexity index is 375. The van der Waals surface area contributed by atoms with Crippen LogP contribution in [0.2, 0.25) is 0 Å². The van der Waals surface area contributed by atoms with E-state index in [1.165, 1.54) is 6.92 Å². The van der Waals surface area contributed by atoms with Gasteiger partial charge in [-0.1, -0.05) is 37.3 Å². The Balaban J connectivity index is 0.00000225. The summed E-state index contributed by atoms with van der Waals surface area (Å²) in [6.45, 7) is 3.06. The molecule has 1 unspecified atom stereocenters. The van der Waals surface area contributed by atoms with Gasteiger partial charge in [0.2, 0.25) is 0 Å². The van der Waals surface area contributed by atoms with Crippen LogP contribution in [0.15, 0.2) is 30.3 Å². The van der Waals surface area contributed by atoms with Crippen LogP contribution in [-0.2, 0) is 4.79 Å². The Morgan fingerprint density at radius 3 is 2.12 bits per heavy atom. The van der Waals surface area contributed by atoms with Crippen molar-refractivity contribution in [2.24, 2.45) is 5.41 Å². The predicted molar refractivity (Wildman–Crippen MR) is 54.2 cm³/mol. The number of benzene rings is 1. The normalized spacial score (nSPS) is 13.4. The fraction of sp³-hybridized carbons (Fsp3) is 0.333. The van der Waals surface area contributed by atoms with Crippen LogP contribution in [-0.4, -0.2) is 11.8 Å².